The summed E-state index contributed by atoms with van der Waals surface area (Å²) in [5.74, 6) is 0.843. The minimum absolute atomic E-state index is 0.168. The van der Waals surface area contributed by atoms with E-state index in [0.717, 1.165) is 13.0 Å². The molecule has 92 valence electrons. The van der Waals surface area contributed by atoms with Crippen LogP contribution in [-0.4, -0.2) is 25.5 Å². The average molecular weight is 233 g/mol. The lowest BCUT2D eigenvalue weighted by molar-refractivity contribution is 0.0961. The van der Waals surface area contributed by atoms with Crippen LogP contribution in [-0.2, 0) is 0 Å². The fourth-order valence-corrected chi connectivity index (χ4v) is 2.31. The number of carbonyl (C=O) groups excluding carboxylic acids is 1. The van der Waals surface area contributed by atoms with Gasteiger partial charge in [0.1, 0.15) is 5.75 Å². The van der Waals surface area contributed by atoms with Gasteiger partial charge in [-0.25, -0.2) is 0 Å². The second kappa shape index (κ2) is 5.82. The van der Waals surface area contributed by atoms with E-state index in [0.29, 0.717) is 23.8 Å². The maximum atomic E-state index is 12.2. The number of Topliss-reactive ketones (excluding diaryl/α,β-unsaturated/α-hetero) is 1. The number of rotatable bonds is 4. The van der Waals surface area contributed by atoms with E-state index in [1.54, 1.807) is 7.11 Å². The first-order chi connectivity index (χ1) is 8.31. The fraction of sp³-hybridized carbons (Fsp3) is 0.500. The number of nitrogens with one attached hydrogen (secondary N) is 1. The number of benzene rings is 1. The molecule has 1 unspecified atom stereocenters. The molecule has 17 heavy (non-hydrogen) atoms. The van der Waals surface area contributed by atoms with E-state index in [1.807, 2.05) is 24.3 Å². The molecule has 1 N–H and O–H groups in total. The molecule has 1 saturated heterocycles. The van der Waals surface area contributed by atoms with Gasteiger partial charge in [-0.3, -0.25) is 4.79 Å². The second-order valence-corrected chi connectivity index (χ2v) is 4.47. The number of ketones is 1. The van der Waals surface area contributed by atoms with E-state index in [2.05, 4.69) is 5.32 Å². The Bertz CT molecular complexity index is 384. The number of piperidine rings is 1. The molecule has 0 spiro atoms. The normalized spacial score (nSPS) is 19.9. The van der Waals surface area contributed by atoms with Crippen molar-refractivity contribution >= 4 is 5.78 Å². The Balaban J connectivity index is 2.03. The molecule has 3 heteroatoms. The molecule has 1 aliphatic rings. The molecule has 0 amide bonds. The van der Waals surface area contributed by atoms with Gasteiger partial charge in [0.15, 0.2) is 5.78 Å². The lowest BCUT2D eigenvalue weighted by Crippen LogP contribution is -2.35. The van der Waals surface area contributed by atoms with Gasteiger partial charge in [-0.15, -0.1) is 0 Å². The lowest BCUT2D eigenvalue weighted by atomic mass is 9.96. The van der Waals surface area contributed by atoms with Crippen LogP contribution in [0.1, 0.15) is 36.0 Å². The van der Waals surface area contributed by atoms with Crippen molar-refractivity contribution in [1.82, 2.24) is 5.32 Å². The van der Waals surface area contributed by atoms with Gasteiger partial charge in [0, 0.05) is 12.5 Å². The maximum Gasteiger partial charge on any atom is 0.168 e. The zero-order chi connectivity index (χ0) is 12.1. The van der Waals surface area contributed by atoms with Crippen molar-refractivity contribution in [3.8, 4) is 5.75 Å². The van der Waals surface area contributed by atoms with Crippen LogP contribution < -0.4 is 10.1 Å². The SMILES string of the molecule is COc1ccccc1C(=O)CC1CCCCN1. The first-order valence-electron chi connectivity index (χ1n) is 6.21. The number of ether oxygens (including phenoxy) is 1. The highest BCUT2D eigenvalue weighted by Crippen LogP contribution is 2.21. The Hall–Kier alpha value is -1.35. The first kappa shape index (κ1) is 12.1. The van der Waals surface area contributed by atoms with Crippen molar-refractivity contribution in [2.45, 2.75) is 31.7 Å². The van der Waals surface area contributed by atoms with Crippen molar-refractivity contribution in [2.75, 3.05) is 13.7 Å². The van der Waals surface area contributed by atoms with Crippen molar-refractivity contribution in [1.29, 1.82) is 0 Å². The van der Waals surface area contributed by atoms with Gasteiger partial charge >= 0.3 is 0 Å². The van der Waals surface area contributed by atoms with Crippen LogP contribution >= 0.6 is 0 Å². The van der Waals surface area contributed by atoms with Crippen LogP contribution in [0, 0.1) is 0 Å². The van der Waals surface area contributed by atoms with Gasteiger partial charge in [-0.05, 0) is 31.5 Å². The van der Waals surface area contributed by atoms with Crippen molar-refractivity contribution in [3.05, 3.63) is 29.8 Å². The predicted octanol–water partition coefficient (Wildman–Crippen LogP) is 2.41. The topological polar surface area (TPSA) is 38.3 Å². The summed E-state index contributed by atoms with van der Waals surface area (Å²) in [7, 11) is 1.60. The Kier molecular flexibility index (Phi) is 4.15. The predicted molar refractivity (Wildman–Crippen MR) is 67.6 cm³/mol. The molecular weight excluding hydrogens is 214 g/mol. The van der Waals surface area contributed by atoms with Gasteiger partial charge in [-0.1, -0.05) is 18.6 Å². The van der Waals surface area contributed by atoms with E-state index >= 15 is 0 Å². The van der Waals surface area contributed by atoms with Gasteiger partial charge in [0.25, 0.3) is 0 Å². The molecule has 1 atom stereocenters. The van der Waals surface area contributed by atoms with Crippen LogP contribution in [0.3, 0.4) is 0 Å². The summed E-state index contributed by atoms with van der Waals surface area (Å²) in [6.45, 7) is 1.03. The third-order valence-electron chi connectivity index (χ3n) is 3.25. The highest BCUT2D eigenvalue weighted by molar-refractivity contribution is 5.99. The van der Waals surface area contributed by atoms with Crippen LogP contribution in [0.5, 0.6) is 5.75 Å². The molecule has 3 nitrogen and oxygen atoms in total. The average Bonchev–Trinajstić information content (AvgIpc) is 2.40. The van der Waals surface area contributed by atoms with E-state index in [1.165, 1.54) is 12.8 Å². The molecule has 0 radical (unpaired) electrons. The van der Waals surface area contributed by atoms with E-state index in [9.17, 15) is 4.79 Å². The zero-order valence-electron chi connectivity index (χ0n) is 10.2. The Morgan fingerprint density at radius 1 is 1.41 bits per heavy atom. The molecule has 1 fully saturated rings. The highest BCUT2D eigenvalue weighted by atomic mass is 16.5. The minimum Gasteiger partial charge on any atom is -0.496 e. The van der Waals surface area contributed by atoms with E-state index < -0.39 is 0 Å². The summed E-state index contributed by atoms with van der Waals surface area (Å²) in [5.41, 5.74) is 0.697. The smallest absolute Gasteiger partial charge is 0.168 e. The summed E-state index contributed by atoms with van der Waals surface area (Å²) in [6.07, 6.45) is 4.11. The molecule has 0 saturated carbocycles. The van der Waals surface area contributed by atoms with Gasteiger partial charge in [0.2, 0.25) is 0 Å². The van der Waals surface area contributed by atoms with Gasteiger partial charge in [-0.2, -0.15) is 0 Å². The number of methoxy groups -OCH3 is 1. The van der Waals surface area contributed by atoms with E-state index in [-0.39, 0.29) is 5.78 Å². The number of hydrogen-bond acceptors (Lipinski definition) is 3. The van der Waals surface area contributed by atoms with Crippen LogP contribution in [0.4, 0.5) is 0 Å². The summed E-state index contributed by atoms with van der Waals surface area (Å²) in [4.78, 5) is 12.2. The highest BCUT2D eigenvalue weighted by Gasteiger charge is 2.19. The molecule has 1 aromatic rings. The van der Waals surface area contributed by atoms with Crippen molar-refractivity contribution in [2.24, 2.45) is 0 Å². The van der Waals surface area contributed by atoms with Gasteiger partial charge < -0.3 is 10.1 Å². The van der Waals surface area contributed by atoms with Crippen LogP contribution in [0.2, 0.25) is 0 Å². The molecule has 0 aromatic heterocycles. The fourth-order valence-electron chi connectivity index (χ4n) is 2.31. The Morgan fingerprint density at radius 3 is 2.94 bits per heavy atom. The van der Waals surface area contributed by atoms with Crippen molar-refractivity contribution < 1.29 is 9.53 Å². The Morgan fingerprint density at radius 2 is 2.24 bits per heavy atom. The van der Waals surface area contributed by atoms with Crippen LogP contribution in [0.25, 0.3) is 0 Å². The second-order valence-electron chi connectivity index (χ2n) is 4.47. The first-order valence-corrected chi connectivity index (χ1v) is 6.21. The number of hydrogen-bond donors (Lipinski definition) is 1. The Labute approximate surface area is 102 Å². The number of carbonyl (C=O) groups is 1. The van der Waals surface area contributed by atoms with Gasteiger partial charge in [0.05, 0.1) is 12.7 Å². The summed E-state index contributed by atoms with van der Waals surface area (Å²) < 4.78 is 5.21. The molecule has 0 aliphatic carbocycles. The van der Waals surface area contributed by atoms with E-state index in [4.69, 9.17) is 4.74 Å². The molecule has 1 aromatic carbocycles. The van der Waals surface area contributed by atoms with Crippen LogP contribution in [0.15, 0.2) is 24.3 Å². The largest absolute Gasteiger partial charge is 0.496 e. The molecular formula is C14H19NO2. The number of para-hydroxylation sites is 1. The summed E-state index contributed by atoms with van der Waals surface area (Å²) in [5, 5.41) is 3.40. The summed E-state index contributed by atoms with van der Waals surface area (Å²) in [6, 6.07) is 7.77. The molecule has 0 bridgehead atoms. The summed E-state index contributed by atoms with van der Waals surface area (Å²) >= 11 is 0. The minimum atomic E-state index is 0.168. The van der Waals surface area contributed by atoms with Crippen molar-refractivity contribution in [3.63, 3.8) is 0 Å². The lowest BCUT2D eigenvalue weighted by Gasteiger charge is -2.22. The molecule has 2 rings (SSSR count). The maximum absolute atomic E-state index is 12.2. The zero-order valence-corrected chi connectivity index (χ0v) is 10.2. The quantitative estimate of drug-likeness (QED) is 0.812. The standard InChI is InChI=1S/C14H19NO2/c1-17-14-8-3-2-7-12(14)13(16)10-11-6-4-5-9-15-11/h2-3,7-8,11,15H,4-6,9-10H2,1H3. The molecule has 1 heterocycles. The molecule has 1 aliphatic heterocycles. The monoisotopic (exact) mass is 233 g/mol. The third kappa shape index (κ3) is 3.07. The third-order valence-corrected chi connectivity index (χ3v) is 3.25.